The summed E-state index contributed by atoms with van der Waals surface area (Å²) >= 11 is 0. The molecule has 1 saturated heterocycles. The van der Waals surface area contributed by atoms with Crippen molar-refractivity contribution in [2.24, 2.45) is 5.73 Å². The third-order valence-electron chi connectivity index (χ3n) is 3.20. The lowest BCUT2D eigenvalue weighted by Gasteiger charge is -2.22. The highest BCUT2D eigenvalue weighted by Crippen LogP contribution is 2.20. The summed E-state index contributed by atoms with van der Waals surface area (Å²) in [7, 11) is 0. The zero-order valence-electron chi connectivity index (χ0n) is 10.2. The molecule has 1 fully saturated rings. The van der Waals surface area contributed by atoms with Crippen LogP contribution in [0.3, 0.4) is 0 Å². The summed E-state index contributed by atoms with van der Waals surface area (Å²) in [6.07, 6.45) is 1.28. The zero-order valence-corrected chi connectivity index (χ0v) is 10.2. The molecule has 19 heavy (non-hydrogen) atoms. The maximum absolute atomic E-state index is 12.3. The van der Waals surface area contributed by atoms with Gasteiger partial charge in [-0.15, -0.1) is 0 Å². The highest BCUT2D eigenvalue weighted by atomic mass is 16.4. The molecule has 6 heteroatoms. The number of carbonyl (C=O) groups is 3. The molecule has 2 rings (SSSR count). The Kier molecular flexibility index (Phi) is 3.50. The second-order valence-electron chi connectivity index (χ2n) is 4.44. The topological polar surface area (TPSA) is 101 Å². The number of nitrogens with two attached hydrogens (primary N) is 1. The Morgan fingerprint density at radius 3 is 2.58 bits per heavy atom. The largest absolute Gasteiger partial charge is 0.478 e. The van der Waals surface area contributed by atoms with E-state index in [0.717, 1.165) is 6.42 Å². The Morgan fingerprint density at radius 1 is 1.26 bits per heavy atom. The van der Waals surface area contributed by atoms with E-state index in [1.54, 1.807) is 0 Å². The van der Waals surface area contributed by atoms with E-state index in [0.29, 0.717) is 13.0 Å². The highest BCUT2D eigenvalue weighted by molar-refractivity contribution is 5.99. The Balaban J connectivity index is 2.26. The molecular formula is C13H14N2O4. The number of carboxylic acids is 1. The Hall–Kier alpha value is -2.37. The Morgan fingerprint density at radius 2 is 1.95 bits per heavy atom. The Bertz CT molecular complexity index is 541. The van der Waals surface area contributed by atoms with Crippen LogP contribution >= 0.6 is 0 Å². The van der Waals surface area contributed by atoms with Crippen molar-refractivity contribution < 1.29 is 19.5 Å². The molecule has 0 radical (unpaired) electrons. The van der Waals surface area contributed by atoms with Gasteiger partial charge in [0.25, 0.3) is 5.91 Å². The summed E-state index contributed by atoms with van der Waals surface area (Å²) in [4.78, 5) is 35.8. The minimum Gasteiger partial charge on any atom is -0.478 e. The first-order valence-electron chi connectivity index (χ1n) is 5.94. The molecule has 0 spiro atoms. The van der Waals surface area contributed by atoms with Gasteiger partial charge in [-0.3, -0.25) is 9.59 Å². The normalized spacial score (nSPS) is 18.3. The molecule has 0 aliphatic carbocycles. The molecule has 1 heterocycles. The van der Waals surface area contributed by atoms with Gasteiger partial charge < -0.3 is 15.7 Å². The fourth-order valence-corrected chi connectivity index (χ4v) is 2.26. The van der Waals surface area contributed by atoms with E-state index in [4.69, 9.17) is 10.8 Å². The van der Waals surface area contributed by atoms with Gasteiger partial charge >= 0.3 is 5.97 Å². The molecule has 0 aromatic heterocycles. The zero-order chi connectivity index (χ0) is 14.0. The van der Waals surface area contributed by atoms with Crippen molar-refractivity contribution in [1.82, 2.24) is 4.90 Å². The first-order valence-corrected chi connectivity index (χ1v) is 5.94. The molecule has 1 aromatic carbocycles. The molecule has 2 amide bonds. The fraction of sp³-hybridized carbons (Fsp3) is 0.308. The number of carbonyl (C=O) groups excluding carboxylic acids is 2. The van der Waals surface area contributed by atoms with Gasteiger partial charge in [0.05, 0.1) is 5.56 Å². The molecule has 1 aromatic rings. The van der Waals surface area contributed by atoms with E-state index in [2.05, 4.69) is 0 Å². The quantitative estimate of drug-likeness (QED) is 0.827. The van der Waals surface area contributed by atoms with Crippen LogP contribution in [0.1, 0.15) is 33.6 Å². The second kappa shape index (κ2) is 5.09. The first kappa shape index (κ1) is 13.1. The summed E-state index contributed by atoms with van der Waals surface area (Å²) in [6, 6.07) is 5.16. The number of likely N-dealkylation sites (tertiary alicyclic amines) is 1. The summed E-state index contributed by atoms with van der Waals surface area (Å²) in [5.74, 6) is -1.98. The number of nitrogens with zero attached hydrogens (tertiary/aromatic N) is 1. The smallest absolute Gasteiger partial charge is 0.335 e. The fourth-order valence-electron chi connectivity index (χ4n) is 2.26. The van der Waals surface area contributed by atoms with Crippen LogP contribution in [-0.2, 0) is 4.79 Å². The van der Waals surface area contributed by atoms with Crippen molar-refractivity contribution >= 4 is 17.8 Å². The average Bonchev–Trinajstić information content (AvgIpc) is 2.87. The molecule has 1 aliphatic heterocycles. The lowest BCUT2D eigenvalue weighted by molar-refractivity contribution is -0.121. The lowest BCUT2D eigenvalue weighted by atomic mass is 10.1. The maximum Gasteiger partial charge on any atom is 0.335 e. The van der Waals surface area contributed by atoms with Crippen molar-refractivity contribution in [2.75, 3.05) is 6.54 Å². The van der Waals surface area contributed by atoms with Crippen LogP contribution in [0.25, 0.3) is 0 Å². The van der Waals surface area contributed by atoms with Crippen LogP contribution in [0, 0.1) is 0 Å². The van der Waals surface area contributed by atoms with Crippen LogP contribution in [0.4, 0.5) is 0 Å². The van der Waals surface area contributed by atoms with Crippen molar-refractivity contribution in [3.63, 3.8) is 0 Å². The van der Waals surface area contributed by atoms with E-state index < -0.39 is 17.9 Å². The van der Waals surface area contributed by atoms with E-state index >= 15 is 0 Å². The number of primary amides is 1. The molecule has 6 nitrogen and oxygen atoms in total. The standard InChI is InChI=1S/C13H14N2O4/c14-11(16)10-5-2-6-15(10)12(17)8-3-1-4-9(7-8)13(18)19/h1,3-4,7,10H,2,5-6H2,(H2,14,16)(H,18,19). The predicted octanol–water partition coefficient (Wildman–Crippen LogP) is 0.475. The summed E-state index contributed by atoms with van der Waals surface area (Å²) in [5.41, 5.74) is 5.55. The van der Waals surface area contributed by atoms with Crippen LogP contribution in [0.5, 0.6) is 0 Å². The lowest BCUT2D eigenvalue weighted by Crippen LogP contribution is -2.43. The summed E-state index contributed by atoms with van der Waals surface area (Å²) < 4.78 is 0. The minimum atomic E-state index is -1.09. The van der Waals surface area contributed by atoms with Crippen molar-refractivity contribution in [3.05, 3.63) is 35.4 Å². The number of hydrogen-bond donors (Lipinski definition) is 2. The average molecular weight is 262 g/mol. The van der Waals surface area contributed by atoms with E-state index in [-0.39, 0.29) is 17.0 Å². The molecular weight excluding hydrogens is 248 g/mol. The summed E-state index contributed by atoms with van der Waals surface area (Å²) in [6.45, 7) is 0.462. The van der Waals surface area contributed by atoms with E-state index in [1.165, 1.54) is 29.2 Å². The van der Waals surface area contributed by atoms with Gasteiger partial charge in [0.15, 0.2) is 0 Å². The van der Waals surface area contributed by atoms with Crippen LogP contribution in [-0.4, -0.2) is 40.4 Å². The first-order chi connectivity index (χ1) is 9.00. The van der Waals surface area contributed by atoms with Crippen molar-refractivity contribution in [2.45, 2.75) is 18.9 Å². The predicted molar refractivity (Wildman–Crippen MR) is 66.7 cm³/mol. The Labute approximate surface area is 109 Å². The third-order valence-corrected chi connectivity index (χ3v) is 3.20. The van der Waals surface area contributed by atoms with Gasteiger partial charge in [-0.1, -0.05) is 6.07 Å². The second-order valence-corrected chi connectivity index (χ2v) is 4.44. The molecule has 0 bridgehead atoms. The van der Waals surface area contributed by atoms with Gasteiger partial charge in [0, 0.05) is 12.1 Å². The monoisotopic (exact) mass is 262 g/mol. The number of rotatable bonds is 3. The molecule has 3 N–H and O–H groups in total. The van der Waals surface area contributed by atoms with Gasteiger partial charge in [0.1, 0.15) is 6.04 Å². The minimum absolute atomic E-state index is 0.0423. The molecule has 1 atom stereocenters. The summed E-state index contributed by atoms with van der Waals surface area (Å²) in [5, 5.41) is 8.90. The van der Waals surface area contributed by atoms with E-state index in [1.807, 2.05) is 0 Å². The highest BCUT2D eigenvalue weighted by Gasteiger charge is 2.33. The SMILES string of the molecule is NC(=O)C1CCCN1C(=O)c1cccc(C(=O)O)c1. The van der Waals surface area contributed by atoms with Crippen LogP contribution < -0.4 is 5.73 Å². The number of amides is 2. The molecule has 1 aliphatic rings. The van der Waals surface area contributed by atoms with Gasteiger partial charge in [0.2, 0.25) is 5.91 Å². The molecule has 100 valence electrons. The number of carboxylic acid groups (broad SMARTS) is 1. The van der Waals surface area contributed by atoms with Crippen LogP contribution in [0.2, 0.25) is 0 Å². The molecule has 0 saturated carbocycles. The van der Waals surface area contributed by atoms with Gasteiger partial charge in [-0.2, -0.15) is 0 Å². The van der Waals surface area contributed by atoms with Gasteiger partial charge in [-0.25, -0.2) is 4.79 Å². The number of aromatic carboxylic acids is 1. The van der Waals surface area contributed by atoms with E-state index in [9.17, 15) is 14.4 Å². The number of benzene rings is 1. The third kappa shape index (κ3) is 2.57. The number of hydrogen-bond acceptors (Lipinski definition) is 3. The molecule has 1 unspecified atom stereocenters. The van der Waals surface area contributed by atoms with Crippen molar-refractivity contribution in [1.29, 1.82) is 0 Å². The van der Waals surface area contributed by atoms with Crippen molar-refractivity contribution in [3.8, 4) is 0 Å². The maximum atomic E-state index is 12.3. The van der Waals surface area contributed by atoms with Crippen LogP contribution in [0.15, 0.2) is 24.3 Å². The van der Waals surface area contributed by atoms with Gasteiger partial charge in [-0.05, 0) is 31.0 Å².